The van der Waals surface area contributed by atoms with E-state index in [2.05, 4.69) is 11.7 Å². The molecule has 3 rings (SSSR count). The standard InChI is InChI=1S/C17H25N3O3/c1-3-8-22-15-6-7-20(17(21)16-5-4-9-23-16)14(15)10-13-11-18-19(2)12-13/h3,11-12,14-16H,1,4-10H2,2H3/t14-,15+,16+/m1/s1. The van der Waals surface area contributed by atoms with Crippen LogP contribution in [0.2, 0.25) is 0 Å². The lowest BCUT2D eigenvalue weighted by molar-refractivity contribution is -0.142. The van der Waals surface area contributed by atoms with Crippen LogP contribution in [0.1, 0.15) is 24.8 Å². The summed E-state index contributed by atoms with van der Waals surface area (Å²) in [4.78, 5) is 14.7. The summed E-state index contributed by atoms with van der Waals surface area (Å²) < 4.78 is 13.3. The molecule has 0 N–H and O–H groups in total. The van der Waals surface area contributed by atoms with Gasteiger partial charge in [-0.3, -0.25) is 9.48 Å². The van der Waals surface area contributed by atoms with Crippen LogP contribution in [0.15, 0.2) is 25.0 Å². The molecule has 2 fully saturated rings. The molecule has 0 bridgehead atoms. The van der Waals surface area contributed by atoms with E-state index >= 15 is 0 Å². The summed E-state index contributed by atoms with van der Waals surface area (Å²) in [7, 11) is 1.90. The van der Waals surface area contributed by atoms with Crippen LogP contribution < -0.4 is 0 Å². The molecule has 0 saturated carbocycles. The number of likely N-dealkylation sites (tertiary alicyclic amines) is 1. The van der Waals surface area contributed by atoms with E-state index in [-0.39, 0.29) is 24.2 Å². The molecular weight excluding hydrogens is 294 g/mol. The Morgan fingerprint density at radius 1 is 1.57 bits per heavy atom. The summed E-state index contributed by atoms with van der Waals surface area (Å²) in [5.74, 6) is 0.112. The number of rotatable bonds is 6. The van der Waals surface area contributed by atoms with Crippen LogP contribution in [0.25, 0.3) is 0 Å². The molecule has 0 aromatic carbocycles. The number of carbonyl (C=O) groups excluding carboxylic acids is 1. The fourth-order valence-electron chi connectivity index (χ4n) is 3.50. The quantitative estimate of drug-likeness (QED) is 0.742. The van der Waals surface area contributed by atoms with Crippen molar-refractivity contribution in [3.63, 3.8) is 0 Å². The molecule has 126 valence electrons. The number of amides is 1. The number of nitrogens with zero attached hydrogens (tertiary/aromatic N) is 3. The first-order valence-electron chi connectivity index (χ1n) is 8.31. The van der Waals surface area contributed by atoms with Crippen molar-refractivity contribution in [3.05, 3.63) is 30.6 Å². The summed E-state index contributed by atoms with van der Waals surface area (Å²) in [6.07, 6.45) is 8.79. The predicted octanol–water partition coefficient (Wildman–Crippen LogP) is 1.31. The van der Waals surface area contributed by atoms with E-state index in [1.807, 2.05) is 24.3 Å². The minimum atomic E-state index is -0.274. The van der Waals surface area contributed by atoms with Gasteiger partial charge in [-0.05, 0) is 31.2 Å². The summed E-state index contributed by atoms with van der Waals surface area (Å²) >= 11 is 0. The predicted molar refractivity (Wildman–Crippen MR) is 85.9 cm³/mol. The van der Waals surface area contributed by atoms with Crippen LogP contribution in [0.5, 0.6) is 0 Å². The van der Waals surface area contributed by atoms with Crippen molar-refractivity contribution in [3.8, 4) is 0 Å². The highest BCUT2D eigenvalue weighted by Gasteiger charge is 2.41. The Kier molecular flexibility index (Phi) is 5.13. The molecular formula is C17H25N3O3. The highest BCUT2D eigenvalue weighted by Crippen LogP contribution is 2.27. The van der Waals surface area contributed by atoms with Gasteiger partial charge in [0.05, 0.1) is 24.9 Å². The maximum absolute atomic E-state index is 12.8. The third kappa shape index (κ3) is 3.64. The summed E-state index contributed by atoms with van der Waals surface area (Å²) in [6.45, 7) is 5.64. The molecule has 3 heterocycles. The second kappa shape index (κ2) is 7.27. The van der Waals surface area contributed by atoms with Gasteiger partial charge in [0.1, 0.15) is 6.10 Å². The van der Waals surface area contributed by atoms with E-state index in [4.69, 9.17) is 9.47 Å². The highest BCUT2D eigenvalue weighted by molar-refractivity contribution is 5.82. The minimum Gasteiger partial charge on any atom is -0.372 e. The first kappa shape index (κ1) is 16.2. The largest absolute Gasteiger partial charge is 0.372 e. The number of carbonyl (C=O) groups is 1. The SMILES string of the molecule is C=CCO[C@H]1CCN(C(=O)[C@@H]2CCCO2)[C@@H]1Cc1cnn(C)c1. The zero-order valence-corrected chi connectivity index (χ0v) is 13.7. The lowest BCUT2D eigenvalue weighted by Gasteiger charge is -2.29. The topological polar surface area (TPSA) is 56.6 Å². The van der Waals surface area contributed by atoms with Crippen LogP contribution in [0.4, 0.5) is 0 Å². The number of hydrogen-bond donors (Lipinski definition) is 0. The molecule has 6 nitrogen and oxygen atoms in total. The lowest BCUT2D eigenvalue weighted by Crippen LogP contribution is -2.46. The molecule has 0 aliphatic carbocycles. The molecule has 2 aliphatic rings. The Morgan fingerprint density at radius 3 is 3.09 bits per heavy atom. The average molecular weight is 319 g/mol. The Bertz CT molecular complexity index is 551. The van der Waals surface area contributed by atoms with Crippen molar-refractivity contribution < 1.29 is 14.3 Å². The number of ether oxygens (including phenoxy) is 2. The van der Waals surface area contributed by atoms with Gasteiger partial charge in [-0.15, -0.1) is 6.58 Å². The second-order valence-electron chi connectivity index (χ2n) is 6.28. The van der Waals surface area contributed by atoms with Crippen LogP contribution in [0, 0.1) is 0 Å². The first-order valence-corrected chi connectivity index (χ1v) is 8.31. The molecule has 1 aromatic heterocycles. The number of hydrogen-bond acceptors (Lipinski definition) is 4. The van der Waals surface area contributed by atoms with Crippen molar-refractivity contribution in [2.75, 3.05) is 19.8 Å². The first-order chi connectivity index (χ1) is 11.2. The van der Waals surface area contributed by atoms with Crippen LogP contribution >= 0.6 is 0 Å². The number of aromatic nitrogens is 2. The fourth-order valence-corrected chi connectivity index (χ4v) is 3.50. The Hall–Kier alpha value is -1.66. The average Bonchev–Trinajstić information content (AvgIpc) is 3.27. The molecule has 1 amide bonds. The molecule has 3 atom stereocenters. The van der Waals surface area contributed by atoms with Gasteiger partial charge in [-0.2, -0.15) is 5.10 Å². The van der Waals surface area contributed by atoms with Crippen LogP contribution in [-0.2, 0) is 27.7 Å². The monoisotopic (exact) mass is 319 g/mol. The number of aryl methyl sites for hydroxylation is 1. The van der Waals surface area contributed by atoms with Crippen molar-refractivity contribution in [2.45, 2.75) is 43.9 Å². The smallest absolute Gasteiger partial charge is 0.252 e. The van der Waals surface area contributed by atoms with Gasteiger partial charge in [-0.1, -0.05) is 6.08 Å². The van der Waals surface area contributed by atoms with Crippen molar-refractivity contribution in [1.82, 2.24) is 14.7 Å². The maximum Gasteiger partial charge on any atom is 0.252 e. The second-order valence-corrected chi connectivity index (χ2v) is 6.28. The van der Waals surface area contributed by atoms with Crippen molar-refractivity contribution >= 4 is 5.91 Å². The van der Waals surface area contributed by atoms with Gasteiger partial charge in [0, 0.05) is 26.4 Å². The molecule has 6 heteroatoms. The Labute approximate surface area is 137 Å². The third-order valence-corrected chi connectivity index (χ3v) is 4.60. The molecule has 2 saturated heterocycles. The Balaban J connectivity index is 1.73. The maximum atomic E-state index is 12.8. The zero-order valence-electron chi connectivity index (χ0n) is 13.7. The van der Waals surface area contributed by atoms with Gasteiger partial charge in [0.15, 0.2) is 0 Å². The molecule has 23 heavy (non-hydrogen) atoms. The van der Waals surface area contributed by atoms with Crippen molar-refractivity contribution in [2.24, 2.45) is 7.05 Å². The summed E-state index contributed by atoms with van der Waals surface area (Å²) in [6, 6.07) is 0.0378. The van der Waals surface area contributed by atoms with Gasteiger partial charge >= 0.3 is 0 Å². The zero-order chi connectivity index (χ0) is 16.2. The molecule has 0 radical (unpaired) electrons. The van der Waals surface area contributed by atoms with E-state index in [0.29, 0.717) is 13.2 Å². The van der Waals surface area contributed by atoms with E-state index in [9.17, 15) is 4.79 Å². The van der Waals surface area contributed by atoms with E-state index < -0.39 is 0 Å². The van der Waals surface area contributed by atoms with Crippen LogP contribution in [-0.4, -0.2) is 58.6 Å². The van der Waals surface area contributed by atoms with E-state index in [1.165, 1.54) is 0 Å². The molecule has 1 aromatic rings. The molecule has 0 unspecified atom stereocenters. The Morgan fingerprint density at radius 2 is 2.43 bits per heavy atom. The normalized spacial score (nSPS) is 27.5. The fraction of sp³-hybridized carbons (Fsp3) is 0.647. The van der Waals surface area contributed by atoms with Gasteiger partial charge in [-0.25, -0.2) is 0 Å². The minimum absolute atomic E-state index is 0.0378. The van der Waals surface area contributed by atoms with Crippen molar-refractivity contribution in [1.29, 1.82) is 0 Å². The molecule has 2 aliphatic heterocycles. The lowest BCUT2D eigenvalue weighted by atomic mass is 10.0. The van der Waals surface area contributed by atoms with Gasteiger partial charge < -0.3 is 14.4 Å². The molecule has 0 spiro atoms. The summed E-state index contributed by atoms with van der Waals surface area (Å²) in [5, 5.41) is 4.22. The third-order valence-electron chi connectivity index (χ3n) is 4.60. The van der Waals surface area contributed by atoms with E-state index in [1.54, 1.807) is 10.8 Å². The van der Waals surface area contributed by atoms with E-state index in [0.717, 1.165) is 37.8 Å². The van der Waals surface area contributed by atoms with Gasteiger partial charge in [0.25, 0.3) is 5.91 Å². The van der Waals surface area contributed by atoms with Crippen LogP contribution in [0.3, 0.4) is 0 Å². The highest BCUT2D eigenvalue weighted by atomic mass is 16.5. The van der Waals surface area contributed by atoms with Gasteiger partial charge in [0.2, 0.25) is 0 Å². The summed E-state index contributed by atoms with van der Waals surface area (Å²) in [5.41, 5.74) is 1.12.